The molecule has 0 N–H and O–H groups in total. The number of benzene rings is 3. The van der Waals surface area contributed by atoms with Crippen LogP contribution in [0.25, 0.3) is 22.8 Å². The molecule has 0 atom stereocenters. The molecule has 154 valence electrons. The highest BCUT2D eigenvalue weighted by Gasteiger charge is 2.21. The Morgan fingerprint density at radius 2 is 1.58 bits per heavy atom. The molecule has 0 saturated carbocycles. The predicted octanol–water partition coefficient (Wildman–Crippen LogP) is 6.41. The minimum atomic E-state index is 0.988. The maximum absolute atomic E-state index is 2.40. The molecule has 0 radical (unpaired) electrons. The first-order chi connectivity index (χ1) is 14.9. The van der Waals surface area contributed by atoms with Gasteiger partial charge < -0.3 is 0 Å². The van der Waals surface area contributed by atoms with E-state index in [0.29, 0.717) is 0 Å². The van der Waals surface area contributed by atoms with Crippen molar-refractivity contribution in [1.29, 1.82) is 0 Å². The molecular formula is C31H30. The molecule has 0 nitrogen and oxygen atoms in total. The Balaban J connectivity index is 1.91. The van der Waals surface area contributed by atoms with E-state index in [1.165, 1.54) is 76.5 Å². The Kier molecular flexibility index (Phi) is 4.63. The van der Waals surface area contributed by atoms with Gasteiger partial charge in [0.25, 0.3) is 0 Å². The molecule has 3 aromatic rings. The second-order valence-electron chi connectivity index (χ2n) is 9.30. The Labute approximate surface area is 185 Å². The zero-order chi connectivity index (χ0) is 21.9. The van der Waals surface area contributed by atoms with Crippen molar-refractivity contribution in [2.45, 2.75) is 48.0 Å². The van der Waals surface area contributed by atoms with Gasteiger partial charge in [-0.15, -0.1) is 0 Å². The van der Waals surface area contributed by atoms with Crippen LogP contribution in [0.4, 0.5) is 0 Å². The number of hydrogen-bond donors (Lipinski definition) is 0. The van der Waals surface area contributed by atoms with E-state index in [4.69, 9.17) is 0 Å². The summed E-state index contributed by atoms with van der Waals surface area (Å²) >= 11 is 0. The Morgan fingerprint density at radius 1 is 0.806 bits per heavy atom. The molecule has 2 aliphatic rings. The second kappa shape index (κ2) is 7.24. The number of allylic oxidation sites excluding steroid dienone is 4. The third-order valence-electron chi connectivity index (χ3n) is 7.34. The zero-order valence-corrected chi connectivity index (χ0v) is 19.5. The maximum atomic E-state index is 2.40. The van der Waals surface area contributed by atoms with Crippen LogP contribution in [-0.4, -0.2) is 0 Å². The number of fused-ring (bicyclic) bond motifs is 2. The van der Waals surface area contributed by atoms with Gasteiger partial charge >= 0.3 is 0 Å². The van der Waals surface area contributed by atoms with Gasteiger partial charge in [-0.1, -0.05) is 60.2 Å². The maximum Gasteiger partial charge on any atom is -0.00642 e. The normalized spacial score (nSPS) is 14.0. The highest BCUT2D eigenvalue weighted by molar-refractivity contribution is 6.01. The molecule has 0 amide bonds. The van der Waals surface area contributed by atoms with Crippen molar-refractivity contribution < 1.29 is 0 Å². The third kappa shape index (κ3) is 2.97. The van der Waals surface area contributed by atoms with Crippen LogP contribution in [0.15, 0.2) is 54.6 Å². The number of rotatable bonds is 2. The highest BCUT2D eigenvalue weighted by atomic mass is 14.2. The summed E-state index contributed by atoms with van der Waals surface area (Å²) < 4.78 is 0. The number of hydrogen-bond acceptors (Lipinski definition) is 0. The van der Waals surface area contributed by atoms with E-state index in [1.807, 2.05) is 0 Å². The minimum absolute atomic E-state index is 0.988. The van der Waals surface area contributed by atoms with Gasteiger partial charge in [0.15, 0.2) is 0 Å². The van der Waals surface area contributed by atoms with E-state index in [-0.39, 0.29) is 0 Å². The first-order valence-corrected chi connectivity index (χ1v) is 11.3. The van der Waals surface area contributed by atoms with E-state index >= 15 is 0 Å². The van der Waals surface area contributed by atoms with Gasteiger partial charge in [-0.25, -0.2) is 0 Å². The average molecular weight is 403 g/mol. The van der Waals surface area contributed by atoms with Crippen LogP contribution in [-0.2, 0) is 0 Å². The summed E-state index contributed by atoms with van der Waals surface area (Å²) in [5.74, 6) is 0. The lowest BCUT2D eigenvalue weighted by molar-refractivity contribution is 1.20. The van der Waals surface area contributed by atoms with Crippen molar-refractivity contribution in [3.05, 3.63) is 114 Å². The van der Waals surface area contributed by atoms with Crippen molar-refractivity contribution in [3.8, 4) is 0 Å². The fourth-order valence-corrected chi connectivity index (χ4v) is 5.26. The lowest BCUT2D eigenvalue weighted by atomic mass is 9.86. The van der Waals surface area contributed by atoms with E-state index in [0.717, 1.165) is 6.42 Å². The molecule has 0 heterocycles. The molecule has 0 heteroatoms. The van der Waals surface area contributed by atoms with Crippen molar-refractivity contribution in [3.63, 3.8) is 0 Å². The van der Waals surface area contributed by atoms with Crippen LogP contribution < -0.4 is 10.4 Å². The van der Waals surface area contributed by atoms with Crippen LogP contribution in [0.3, 0.4) is 0 Å². The summed E-state index contributed by atoms with van der Waals surface area (Å²) in [5.41, 5.74) is 14.0. The average Bonchev–Trinajstić information content (AvgIpc) is 3.38. The molecule has 5 rings (SSSR count). The SMILES string of the molecule is CC(C)=c1ccc2c(c1C1=C(c3cc(C)c(C)c(C)c3C)C=CC1)C=c1ccccc1=2. The first kappa shape index (κ1) is 19.8. The van der Waals surface area contributed by atoms with Crippen LogP contribution in [0.2, 0.25) is 0 Å². The smallest absolute Gasteiger partial charge is 0.00642 e. The number of aryl methyl sites for hydroxylation is 1. The largest absolute Gasteiger partial charge is 0.0795 e. The van der Waals surface area contributed by atoms with E-state index in [2.05, 4.69) is 102 Å². The quantitative estimate of drug-likeness (QED) is 0.363. The topological polar surface area (TPSA) is 0 Å². The summed E-state index contributed by atoms with van der Waals surface area (Å²) in [6, 6.07) is 15.8. The Hall–Kier alpha value is -3.12. The Morgan fingerprint density at radius 3 is 2.35 bits per heavy atom. The van der Waals surface area contributed by atoms with Gasteiger partial charge in [-0.2, -0.15) is 0 Å². The van der Waals surface area contributed by atoms with E-state index < -0.39 is 0 Å². The van der Waals surface area contributed by atoms with Crippen molar-refractivity contribution in [1.82, 2.24) is 0 Å². The Bertz CT molecular complexity index is 1530. The monoisotopic (exact) mass is 402 g/mol. The fourth-order valence-electron chi connectivity index (χ4n) is 5.26. The molecule has 0 aromatic heterocycles. The van der Waals surface area contributed by atoms with Crippen LogP contribution >= 0.6 is 0 Å². The van der Waals surface area contributed by atoms with Crippen molar-refractivity contribution in [2.75, 3.05) is 0 Å². The molecule has 0 bridgehead atoms. The molecule has 0 aliphatic heterocycles. The minimum Gasteiger partial charge on any atom is -0.0795 e. The molecule has 2 aliphatic carbocycles. The van der Waals surface area contributed by atoms with Gasteiger partial charge in [0.2, 0.25) is 0 Å². The summed E-state index contributed by atoms with van der Waals surface area (Å²) in [4.78, 5) is 0. The van der Waals surface area contributed by atoms with Gasteiger partial charge in [0.1, 0.15) is 0 Å². The molecular weight excluding hydrogens is 372 g/mol. The highest BCUT2D eigenvalue weighted by Crippen LogP contribution is 2.39. The van der Waals surface area contributed by atoms with Crippen molar-refractivity contribution in [2.24, 2.45) is 0 Å². The summed E-state index contributed by atoms with van der Waals surface area (Å²) in [7, 11) is 0. The van der Waals surface area contributed by atoms with Gasteiger partial charge in [-0.3, -0.25) is 0 Å². The molecule has 0 saturated heterocycles. The van der Waals surface area contributed by atoms with Crippen molar-refractivity contribution >= 4 is 22.8 Å². The standard InChI is InChI=1S/C31H30/c1-18(2)24-14-15-27-25-11-8-7-10-23(25)17-30(27)31(24)28-13-9-12-26(28)29-16-19(3)20(4)21(5)22(29)6/h7-12,14-17H,13H2,1-6H3. The second-order valence-corrected chi connectivity index (χ2v) is 9.30. The van der Waals surface area contributed by atoms with Gasteiger partial charge in [0.05, 0.1) is 0 Å². The molecule has 0 unspecified atom stereocenters. The van der Waals surface area contributed by atoms with Gasteiger partial charge in [0, 0.05) is 0 Å². The lowest BCUT2D eigenvalue weighted by Gasteiger charge is -2.18. The lowest BCUT2D eigenvalue weighted by Crippen LogP contribution is -2.13. The zero-order valence-electron chi connectivity index (χ0n) is 19.5. The van der Waals surface area contributed by atoms with E-state index in [9.17, 15) is 0 Å². The van der Waals surface area contributed by atoms with E-state index in [1.54, 1.807) is 0 Å². The predicted molar refractivity (Wildman–Crippen MR) is 134 cm³/mol. The van der Waals surface area contributed by atoms with Crippen LogP contribution in [0.5, 0.6) is 0 Å². The van der Waals surface area contributed by atoms with Crippen LogP contribution in [0.1, 0.15) is 59.2 Å². The molecule has 0 fully saturated rings. The summed E-state index contributed by atoms with van der Waals surface area (Å²) in [6.45, 7) is 13.5. The van der Waals surface area contributed by atoms with Crippen LogP contribution in [0, 0.1) is 38.1 Å². The molecule has 0 spiro atoms. The van der Waals surface area contributed by atoms with Gasteiger partial charge in [-0.05, 0) is 125 Å². The summed E-state index contributed by atoms with van der Waals surface area (Å²) in [6.07, 6.45) is 8.07. The molecule has 3 aromatic carbocycles. The first-order valence-electron chi connectivity index (χ1n) is 11.3. The summed E-state index contributed by atoms with van der Waals surface area (Å²) in [5, 5.41) is 5.42. The molecule has 31 heavy (non-hydrogen) atoms. The third-order valence-corrected chi connectivity index (χ3v) is 7.34. The fraction of sp³-hybridized carbons (Fsp3) is 0.226.